The minimum atomic E-state index is 0.543. The van der Waals surface area contributed by atoms with Crippen LogP contribution in [0, 0.1) is 0 Å². The SMILES string of the molecule is CCCCCCCCC(Cc1ncnn1CCC)NCC. The van der Waals surface area contributed by atoms with Gasteiger partial charge in [0, 0.05) is 19.0 Å². The van der Waals surface area contributed by atoms with Gasteiger partial charge in [-0.05, 0) is 19.4 Å². The number of likely N-dealkylation sites (N-methyl/N-ethyl adjacent to an activating group) is 1. The lowest BCUT2D eigenvalue weighted by Gasteiger charge is -2.17. The second-order valence-electron chi connectivity index (χ2n) is 5.91. The largest absolute Gasteiger partial charge is 0.314 e. The Morgan fingerprint density at radius 2 is 1.81 bits per heavy atom. The highest BCUT2D eigenvalue weighted by Gasteiger charge is 2.12. The van der Waals surface area contributed by atoms with Crippen LogP contribution >= 0.6 is 0 Å². The lowest BCUT2D eigenvalue weighted by molar-refractivity contribution is 0.439. The first-order valence-corrected chi connectivity index (χ1v) is 8.91. The fourth-order valence-corrected chi connectivity index (χ4v) is 2.80. The van der Waals surface area contributed by atoms with Crippen molar-refractivity contribution in [2.75, 3.05) is 6.54 Å². The fraction of sp³-hybridized carbons (Fsp3) is 0.882. The van der Waals surface area contributed by atoms with Crippen LogP contribution in [0.5, 0.6) is 0 Å². The van der Waals surface area contributed by atoms with Crippen molar-refractivity contribution in [1.82, 2.24) is 20.1 Å². The number of aryl methyl sites for hydroxylation is 1. The van der Waals surface area contributed by atoms with Crippen LogP contribution in [0.2, 0.25) is 0 Å². The van der Waals surface area contributed by atoms with Crippen LogP contribution in [0.1, 0.15) is 78.0 Å². The Hall–Kier alpha value is -0.900. The van der Waals surface area contributed by atoms with Crippen molar-refractivity contribution in [2.24, 2.45) is 0 Å². The number of aromatic nitrogens is 3. The third kappa shape index (κ3) is 7.60. The molecule has 1 N–H and O–H groups in total. The molecule has 1 aromatic heterocycles. The molecule has 0 radical (unpaired) electrons. The zero-order valence-corrected chi connectivity index (χ0v) is 14.3. The van der Waals surface area contributed by atoms with E-state index >= 15 is 0 Å². The van der Waals surface area contributed by atoms with Crippen LogP contribution in [0.25, 0.3) is 0 Å². The standard InChI is InChI=1S/C17H34N4/c1-4-7-8-9-10-11-12-16(18-6-3)14-17-19-15-20-21(17)13-5-2/h15-16,18H,4-14H2,1-3H3. The zero-order valence-electron chi connectivity index (χ0n) is 14.3. The predicted octanol–water partition coefficient (Wildman–Crippen LogP) is 3.96. The van der Waals surface area contributed by atoms with Gasteiger partial charge in [0.15, 0.2) is 0 Å². The van der Waals surface area contributed by atoms with Crippen LogP contribution in [0.3, 0.4) is 0 Å². The Bertz CT molecular complexity index is 348. The lowest BCUT2D eigenvalue weighted by atomic mass is 10.0. The van der Waals surface area contributed by atoms with E-state index in [1.807, 2.05) is 0 Å². The Balaban J connectivity index is 2.33. The maximum absolute atomic E-state index is 4.44. The van der Waals surface area contributed by atoms with Crippen LogP contribution < -0.4 is 5.32 Å². The van der Waals surface area contributed by atoms with Crippen molar-refractivity contribution in [3.05, 3.63) is 12.2 Å². The van der Waals surface area contributed by atoms with E-state index in [1.54, 1.807) is 6.33 Å². The molecular weight excluding hydrogens is 260 g/mol. The predicted molar refractivity (Wildman–Crippen MR) is 89.5 cm³/mol. The van der Waals surface area contributed by atoms with Crippen molar-refractivity contribution < 1.29 is 0 Å². The van der Waals surface area contributed by atoms with Gasteiger partial charge < -0.3 is 5.32 Å². The molecule has 0 amide bonds. The molecule has 21 heavy (non-hydrogen) atoms. The van der Waals surface area contributed by atoms with E-state index in [0.29, 0.717) is 6.04 Å². The maximum Gasteiger partial charge on any atom is 0.138 e. The summed E-state index contributed by atoms with van der Waals surface area (Å²) in [5, 5.41) is 7.94. The van der Waals surface area contributed by atoms with E-state index in [0.717, 1.165) is 31.8 Å². The molecule has 122 valence electrons. The van der Waals surface area contributed by atoms with E-state index < -0.39 is 0 Å². The molecule has 4 heteroatoms. The Morgan fingerprint density at radius 3 is 2.52 bits per heavy atom. The molecule has 0 saturated carbocycles. The highest BCUT2D eigenvalue weighted by molar-refractivity contribution is 4.89. The van der Waals surface area contributed by atoms with E-state index in [9.17, 15) is 0 Å². The smallest absolute Gasteiger partial charge is 0.138 e. The summed E-state index contributed by atoms with van der Waals surface area (Å²) >= 11 is 0. The average Bonchev–Trinajstić information content (AvgIpc) is 2.90. The molecule has 4 nitrogen and oxygen atoms in total. The average molecular weight is 294 g/mol. The number of rotatable bonds is 13. The molecule has 0 bridgehead atoms. The Labute approximate surface area is 130 Å². The minimum Gasteiger partial charge on any atom is -0.314 e. The first kappa shape index (κ1) is 18.1. The molecule has 1 atom stereocenters. The van der Waals surface area contributed by atoms with Gasteiger partial charge in [-0.2, -0.15) is 5.10 Å². The molecule has 1 rings (SSSR count). The van der Waals surface area contributed by atoms with E-state index in [2.05, 4.69) is 40.9 Å². The van der Waals surface area contributed by atoms with Gasteiger partial charge in [-0.1, -0.05) is 59.3 Å². The summed E-state index contributed by atoms with van der Waals surface area (Å²) in [6, 6.07) is 0.543. The van der Waals surface area contributed by atoms with E-state index in [-0.39, 0.29) is 0 Å². The summed E-state index contributed by atoms with van der Waals surface area (Å²) in [6.07, 6.45) is 13.2. The molecule has 0 aliphatic heterocycles. The summed E-state index contributed by atoms with van der Waals surface area (Å²) in [6.45, 7) is 8.65. The first-order chi connectivity index (χ1) is 10.3. The highest BCUT2D eigenvalue weighted by atomic mass is 15.3. The molecule has 0 aromatic carbocycles. The number of nitrogens with one attached hydrogen (secondary N) is 1. The number of unbranched alkanes of at least 4 members (excludes halogenated alkanes) is 5. The van der Waals surface area contributed by atoms with E-state index in [1.165, 1.54) is 44.9 Å². The third-order valence-electron chi connectivity index (χ3n) is 3.96. The van der Waals surface area contributed by atoms with Gasteiger partial charge in [-0.25, -0.2) is 4.98 Å². The molecule has 0 aliphatic carbocycles. The monoisotopic (exact) mass is 294 g/mol. The number of hydrogen-bond donors (Lipinski definition) is 1. The Morgan fingerprint density at radius 1 is 1.05 bits per heavy atom. The molecular formula is C17H34N4. The van der Waals surface area contributed by atoms with Crippen LogP contribution in [-0.2, 0) is 13.0 Å². The van der Waals surface area contributed by atoms with Crippen molar-refractivity contribution in [3.8, 4) is 0 Å². The summed E-state index contributed by atoms with van der Waals surface area (Å²) in [5.74, 6) is 1.13. The van der Waals surface area contributed by atoms with Crippen molar-refractivity contribution in [1.29, 1.82) is 0 Å². The molecule has 0 fully saturated rings. The van der Waals surface area contributed by atoms with Gasteiger partial charge in [0.05, 0.1) is 0 Å². The van der Waals surface area contributed by atoms with Gasteiger partial charge >= 0.3 is 0 Å². The zero-order chi connectivity index (χ0) is 15.3. The molecule has 0 spiro atoms. The molecule has 1 heterocycles. The van der Waals surface area contributed by atoms with Crippen molar-refractivity contribution in [3.63, 3.8) is 0 Å². The lowest BCUT2D eigenvalue weighted by Crippen LogP contribution is -2.32. The van der Waals surface area contributed by atoms with Gasteiger partial charge in [-0.15, -0.1) is 0 Å². The summed E-state index contributed by atoms with van der Waals surface area (Å²) in [4.78, 5) is 4.44. The summed E-state index contributed by atoms with van der Waals surface area (Å²) < 4.78 is 2.06. The first-order valence-electron chi connectivity index (χ1n) is 8.91. The summed E-state index contributed by atoms with van der Waals surface area (Å²) in [5.41, 5.74) is 0. The topological polar surface area (TPSA) is 42.7 Å². The van der Waals surface area contributed by atoms with Crippen LogP contribution in [-0.4, -0.2) is 27.4 Å². The maximum atomic E-state index is 4.44. The molecule has 0 aliphatic rings. The second kappa shape index (κ2) is 11.7. The summed E-state index contributed by atoms with van der Waals surface area (Å²) in [7, 11) is 0. The van der Waals surface area contributed by atoms with Crippen molar-refractivity contribution in [2.45, 2.75) is 91.1 Å². The normalized spacial score (nSPS) is 12.7. The third-order valence-corrected chi connectivity index (χ3v) is 3.96. The number of hydrogen-bond acceptors (Lipinski definition) is 3. The quantitative estimate of drug-likeness (QED) is 0.560. The Kier molecular flexibility index (Phi) is 10.1. The van der Waals surface area contributed by atoms with Crippen LogP contribution in [0.4, 0.5) is 0 Å². The van der Waals surface area contributed by atoms with E-state index in [4.69, 9.17) is 0 Å². The highest BCUT2D eigenvalue weighted by Crippen LogP contribution is 2.11. The fourth-order valence-electron chi connectivity index (χ4n) is 2.80. The molecule has 1 unspecified atom stereocenters. The van der Waals surface area contributed by atoms with Gasteiger partial charge in [0.25, 0.3) is 0 Å². The van der Waals surface area contributed by atoms with Gasteiger partial charge in [0.2, 0.25) is 0 Å². The second-order valence-corrected chi connectivity index (χ2v) is 5.91. The minimum absolute atomic E-state index is 0.543. The van der Waals surface area contributed by atoms with Crippen LogP contribution in [0.15, 0.2) is 6.33 Å². The molecule has 1 aromatic rings. The number of nitrogens with zero attached hydrogens (tertiary/aromatic N) is 3. The molecule has 0 saturated heterocycles. The van der Waals surface area contributed by atoms with Gasteiger partial charge in [0.1, 0.15) is 12.2 Å². The van der Waals surface area contributed by atoms with Gasteiger partial charge in [-0.3, -0.25) is 4.68 Å². The van der Waals surface area contributed by atoms with Crippen molar-refractivity contribution >= 4 is 0 Å².